The summed E-state index contributed by atoms with van der Waals surface area (Å²) in [5, 5.41) is 0.595. The predicted octanol–water partition coefficient (Wildman–Crippen LogP) is 2.81. The molecule has 3 aromatic rings. The van der Waals surface area contributed by atoms with Crippen LogP contribution in [-0.4, -0.2) is 48.9 Å². The van der Waals surface area contributed by atoms with E-state index in [1.807, 2.05) is 4.90 Å². The van der Waals surface area contributed by atoms with Crippen LogP contribution >= 0.6 is 0 Å². The van der Waals surface area contributed by atoms with E-state index in [0.29, 0.717) is 42.8 Å². The maximum absolute atomic E-state index is 13.7. The Bertz CT molecular complexity index is 1110. The fourth-order valence-electron chi connectivity index (χ4n) is 3.37. The highest BCUT2D eigenvalue weighted by Crippen LogP contribution is 2.26. The summed E-state index contributed by atoms with van der Waals surface area (Å²) in [6.07, 6.45) is 2.01. The SMILES string of the molecule is O=S(=O)(c1ccc(F)cc1)N1CCCN(c2ncnc3ccc(F)cc23)CC1. The molecule has 0 unspecified atom stereocenters. The summed E-state index contributed by atoms with van der Waals surface area (Å²) < 4.78 is 53.9. The number of benzene rings is 2. The van der Waals surface area contributed by atoms with E-state index >= 15 is 0 Å². The van der Waals surface area contributed by atoms with Gasteiger partial charge in [0.05, 0.1) is 10.4 Å². The Balaban J connectivity index is 1.59. The van der Waals surface area contributed by atoms with Crippen molar-refractivity contribution < 1.29 is 17.2 Å². The van der Waals surface area contributed by atoms with Crippen LogP contribution in [0, 0.1) is 11.6 Å². The van der Waals surface area contributed by atoms with Crippen molar-refractivity contribution in [2.45, 2.75) is 11.3 Å². The fraction of sp³-hybridized carbons (Fsp3) is 0.263. The molecule has 1 fully saturated rings. The molecule has 1 aliphatic heterocycles. The average molecular weight is 404 g/mol. The largest absolute Gasteiger partial charge is 0.355 e. The van der Waals surface area contributed by atoms with Crippen molar-refractivity contribution in [3.05, 3.63) is 60.4 Å². The van der Waals surface area contributed by atoms with Gasteiger partial charge in [-0.15, -0.1) is 0 Å². The van der Waals surface area contributed by atoms with Gasteiger partial charge in [0.2, 0.25) is 10.0 Å². The Morgan fingerprint density at radius 3 is 2.39 bits per heavy atom. The van der Waals surface area contributed by atoms with Crippen LogP contribution in [0.3, 0.4) is 0 Å². The molecule has 0 saturated carbocycles. The molecule has 1 aliphatic rings. The van der Waals surface area contributed by atoms with E-state index in [1.54, 1.807) is 6.07 Å². The van der Waals surface area contributed by atoms with E-state index in [9.17, 15) is 17.2 Å². The summed E-state index contributed by atoms with van der Waals surface area (Å²) in [4.78, 5) is 10.5. The van der Waals surface area contributed by atoms with Gasteiger partial charge in [-0.3, -0.25) is 0 Å². The molecule has 2 aromatic carbocycles. The zero-order chi connectivity index (χ0) is 19.7. The lowest BCUT2D eigenvalue weighted by Crippen LogP contribution is -2.35. The highest BCUT2D eigenvalue weighted by atomic mass is 32.2. The minimum atomic E-state index is -3.71. The molecule has 0 amide bonds. The van der Waals surface area contributed by atoms with Crippen LogP contribution in [0.4, 0.5) is 14.6 Å². The highest BCUT2D eigenvalue weighted by Gasteiger charge is 2.27. The van der Waals surface area contributed by atoms with Gasteiger partial charge in [-0.2, -0.15) is 4.31 Å². The Morgan fingerprint density at radius 2 is 1.61 bits per heavy atom. The Kier molecular flexibility index (Phi) is 4.94. The first-order valence-electron chi connectivity index (χ1n) is 8.86. The number of nitrogens with zero attached hydrogens (tertiary/aromatic N) is 4. The fourth-order valence-corrected chi connectivity index (χ4v) is 4.84. The molecule has 0 bridgehead atoms. The monoisotopic (exact) mass is 404 g/mol. The second-order valence-corrected chi connectivity index (χ2v) is 8.50. The first-order valence-corrected chi connectivity index (χ1v) is 10.3. The second-order valence-electron chi connectivity index (χ2n) is 6.56. The maximum Gasteiger partial charge on any atom is 0.243 e. The smallest absolute Gasteiger partial charge is 0.243 e. The normalized spacial score (nSPS) is 16.3. The summed E-state index contributed by atoms with van der Waals surface area (Å²) in [5.74, 6) is -0.270. The van der Waals surface area contributed by atoms with Crippen molar-refractivity contribution in [1.82, 2.24) is 14.3 Å². The Morgan fingerprint density at radius 1 is 0.857 bits per heavy atom. The average Bonchev–Trinajstić information content (AvgIpc) is 2.94. The molecular weight excluding hydrogens is 386 g/mol. The van der Waals surface area contributed by atoms with Crippen molar-refractivity contribution in [3.8, 4) is 0 Å². The number of fused-ring (bicyclic) bond motifs is 1. The van der Waals surface area contributed by atoms with Crippen molar-refractivity contribution in [1.29, 1.82) is 0 Å². The van der Waals surface area contributed by atoms with E-state index in [0.717, 1.165) is 12.1 Å². The van der Waals surface area contributed by atoms with Crippen molar-refractivity contribution >= 4 is 26.7 Å². The number of rotatable bonds is 3. The topological polar surface area (TPSA) is 66.4 Å². The van der Waals surface area contributed by atoms with E-state index in [2.05, 4.69) is 9.97 Å². The third kappa shape index (κ3) is 3.55. The van der Waals surface area contributed by atoms with Crippen molar-refractivity contribution in [2.24, 2.45) is 0 Å². The quantitative estimate of drug-likeness (QED) is 0.672. The number of hydrogen-bond donors (Lipinski definition) is 0. The number of aromatic nitrogens is 2. The molecule has 4 rings (SSSR count). The van der Waals surface area contributed by atoms with Crippen LogP contribution in [0.1, 0.15) is 6.42 Å². The number of halogens is 2. The van der Waals surface area contributed by atoms with Gasteiger partial charge in [-0.05, 0) is 48.9 Å². The van der Waals surface area contributed by atoms with Gasteiger partial charge in [0.1, 0.15) is 23.8 Å². The molecule has 0 N–H and O–H groups in total. The number of anilines is 1. The van der Waals surface area contributed by atoms with Crippen LogP contribution in [0.15, 0.2) is 53.7 Å². The molecule has 28 heavy (non-hydrogen) atoms. The lowest BCUT2D eigenvalue weighted by molar-refractivity contribution is 0.433. The van der Waals surface area contributed by atoms with Crippen LogP contribution in [0.2, 0.25) is 0 Å². The van der Waals surface area contributed by atoms with E-state index < -0.39 is 15.8 Å². The van der Waals surface area contributed by atoms with Crippen LogP contribution < -0.4 is 4.90 Å². The highest BCUT2D eigenvalue weighted by molar-refractivity contribution is 7.89. The van der Waals surface area contributed by atoms with E-state index in [-0.39, 0.29) is 17.3 Å². The maximum atomic E-state index is 13.7. The summed E-state index contributed by atoms with van der Waals surface area (Å²) >= 11 is 0. The van der Waals surface area contributed by atoms with Crippen molar-refractivity contribution in [3.63, 3.8) is 0 Å². The molecule has 9 heteroatoms. The Hall–Kier alpha value is -2.65. The predicted molar refractivity (Wildman–Crippen MR) is 101 cm³/mol. The lowest BCUT2D eigenvalue weighted by atomic mass is 10.2. The molecule has 6 nitrogen and oxygen atoms in total. The standard InChI is InChI=1S/C19H18F2N4O2S/c20-14-2-5-16(6-3-14)28(26,27)25-9-1-8-24(10-11-25)19-17-12-15(21)4-7-18(17)22-13-23-19/h2-7,12-13H,1,8-11H2. The first kappa shape index (κ1) is 18.7. The summed E-state index contributed by atoms with van der Waals surface area (Å²) in [5.41, 5.74) is 0.631. The molecule has 0 atom stereocenters. The number of hydrogen-bond acceptors (Lipinski definition) is 5. The van der Waals surface area contributed by atoms with Gasteiger partial charge in [-0.25, -0.2) is 27.2 Å². The third-order valence-corrected chi connectivity index (χ3v) is 6.70. The Labute approximate surface area is 161 Å². The van der Waals surface area contributed by atoms with E-state index in [1.165, 1.54) is 34.9 Å². The summed E-state index contributed by atoms with van der Waals surface area (Å²) in [6.45, 7) is 1.58. The van der Waals surface area contributed by atoms with Gasteiger partial charge in [0.25, 0.3) is 0 Å². The summed E-state index contributed by atoms with van der Waals surface area (Å²) in [7, 11) is -3.71. The van der Waals surface area contributed by atoms with Crippen LogP contribution in [0.5, 0.6) is 0 Å². The molecule has 1 saturated heterocycles. The first-order chi connectivity index (χ1) is 13.4. The van der Waals surface area contributed by atoms with Gasteiger partial charge in [0, 0.05) is 31.6 Å². The third-order valence-electron chi connectivity index (χ3n) is 4.78. The number of sulfonamides is 1. The van der Waals surface area contributed by atoms with Gasteiger partial charge < -0.3 is 4.90 Å². The van der Waals surface area contributed by atoms with E-state index in [4.69, 9.17) is 0 Å². The molecular formula is C19H18F2N4O2S. The summed E-state index contributed by atoms with van der Waals surface area (Å²) in [6, 6.07) is 9.15. The zero-order valence-corrected chi connectivity index (χ0v) is 15.7. The lowest BCUT2D eigenvalue weighted by Gasteiger charge is -2.23. The van der Waals surface area contributed by atoms with Gasteiger partial charge >= 0.3 is 0 Å². The zero-order valence-electron chi connectivity index (χ0n) is 14.9. The minimum absolute atomic E-state index is 0.0666. The van der Waals surface area contributed by atoms with Crippen molar-refractivity contribution in [2.75, 3.05) is 31.1 Å². The van der Waals surface area contributed by atoms with Crippen LogP contribution in [-0.2, 0) is 10.0 Å². The van der Waals surface area contributed by atoms with Crippen LogP contribution in [0.25, 0.3) is 10.9 Å². The second kappa shape index (κ2) is 7.40. The molecule has 0 radical (unpaired) electrons. The molecule has 2 heterocycles. The molecule has 146 valence electrons. The van der Waals surface area contributed by atoms with Gasteiger partial charge in [0.15, 0.2) is 0 Å². The molecule has 0 aliphatic carbocycles. The molecule has 1 aromatic heterocycles. The molecule has 0 spiro atoms. The van der Waals surface area contributed by atoms with Gasteiger partial charge in [-0.1, -0.05) is 0 Å². The minimum Gasteiger partial charge on any atom is -0.355 e.